The zero-order chi connectivity index (χ0) is 18.8. The Morgan fingerprint density at radius 2 is 2.04 bits per heavy atom. The average Bonchev–Trinajstić information content (AvgIpc) is 3.17. The number of rotatable bonds is 5. The number of carbonyl (C=O) groups excluding carboxylic acids is 1. The van der Waals surface area contributed by atoms with E-state index >= 15 is 0 Å². The number of likely N-dealkylation sites (tertiary alicyclic amines) is 1. The number of benzene rings is 1. The van der Waals surface area contributed by atoms with Gasteiger partial charge in [0.2, 0.25) is 0 Å². The summed E-state index contributed by atoms with van der Waals surface area (Å²) in [7, 11) is 1.45. The van der Waals surface area contributed by atoms with E-state index in [4.69, 9.17) is 9.47 Å². The van der Waals surface area contributed by atoms with Crippen molar-refractivity contribution in [3.8, 4) is 16.6 Å². The number of nitrogens with zero attached hydrogens (tertiary/aromatic N) is 3. The van der Waals surface area contributed by atoms with E-state index in [9.17, 15) is 9.59 Å². The molecule has 0 saturated carbocycles. The molecule has 0 bridgehead atoms. The molecular formula is C19H17N3O4S. The van der Waals surface area contributed by atoms with Crippen molar-refractivity contribution in [1.29, 1.82) is 0 Å². The molecule has 1 saturated heterocycles. The van der Waals surface area contributed by atoms with Gasteiger partial charge in [-0.05, 0) is 12.1 Å². The van der Waals surface area contributed by atoms with Crippen LogP contribution in [0.4, 0.5) is 0 Å². The van der Waals surface area contributed by atoms with Gasteiger partial charge in [0.1, 0.15) is 11.9 Å². The van der Waals surface area contributed by atoms with Crippen LogP contribution >= 0.6 is 11.3 Å². The van der Waals surface area contributed by atoms with E-state index in [1.807, 2.05) is 35.7 Å². The van der Waals surface area contributed by atoms with Gasteiger partial charge in [0.05, 0.1) is 25.8 Å². The first kappa shape index (κ1) is 17.3. The first-order valence-electron chi connectivity index (χ1n) is 8.37. The highest BCUT2D eigenvalue weighted by molar-refractivity contribution is 7.11. The maximum Gasteiger partial charge on any atom is 0.273 e. The van der Waals surface area contributed by atoms with Crippen molar-refractivity contribution in [1.82, 2.24) is 14.5 Å². The fourth-order valence-corrected chi connectivity index (χ4v) is 3.45. The van der Waals surface area contributed by atoms with E-state index in [0.717, 1.165) is 0 Å². The summed E-state index contributed by atoms with van der Waals surface area (Å²) in [5.41, 5.74) is 0.768. The molecule has 0 radical (unpaired) electrons. The van der Waals surface area contributed by atoms with Gasteiger partial charge in [-0.2, -0.15) is 0 Å². The molecule has 0 aliphatic carbocycles. The van der Waals surface area contributed by atoms with Crippen LogP contribution in [-0.4, -0.2) is 46.7 Å². The molecule has 0 unspecified atom stereocenters. The highest BCUT2D eigenvalue weighted by atomic mass is 32.1. The van der Waals surface area contributed by atoms with E-state index in [0.29, 0.717) is 29.5 Å². The number of hydrogen-bond donors (Lipinski definition) is 0. The minimum Gasteiger partial charge on any atom is -0.496 e. The number of carbonyl (C=O) groups is 1. The standard InChI is InChI=1S/C19H17N3O4S/c1-25-16-9-17(23)22(13-5-3-2-4-6-13)12-15(16)18(24)21-10-14(11-21)26-19-20-7-8-27-19/h2-9,12,14H,10-11H2,1H3. The minimum atomic E-state index is -0.261. The van der Waals surface area contributed by atoms with Gasteiger partial charge in [0, 0.05) is 29.5 Å². The van der Waals surface area contributed by atoms with Crippen molar-refractivity contribution in [2.75, 3.05) is 20.2 Å². The normalized spacial score (nSPS) is 13.9. The van der Waals surface area contributed by atoms with Crippen LogP contribution in [0.2, 0.25) is 0 Å². The van der Waals surface area contributed by atoms with Crippen LogP contribution in [0.1, 0.15) is 10.4 Å². The van der Waals surface area contributed by atoms with Gasteiger partial charge in [-0.25, -0.2) is 4.98 Å². The molecule has 0 spiro atoms. The van der Waals surface area contributed by atoms with Crippen molar-refractivity contribution >= 4 is 17.2 Å². The lowest BCUT2D eigenvalue weighted by molar-refractivity contribution is 0.0174. The van der Waals surface area contributed by atoms with Crippen LogP contribution in [0.25, 0.3) is 5.69 Å². The fraction of sp³-hybridized carbons (Fsp3) is 0.211. The van der Waals surface area contributed by atoms with Gasteiger partial charge in [-0.15, -0.1) is 0 Å². The van der Waals surface area contributed by atoms with Crippen molar-refractivity contribution in [2.24, 2.45) is 0 Å². The Hall–Kier alpha value is -3.13. The molecule has 1 amide bonds. The summed E-state index contributed by atoms with van der Waals surface area (Å²) in [5, 5.41) is 2.44. The number of hydrogen-bond acceptors (Lipinski definition) is 6. The molecule has 27 heavy (non-hydrogen) atoms. The lowest BCUT2D eigenvalue weighted by atomic mass is 10.1. The molecule has 4 rings (SSSR count). The number of aromatic nitrogens is 2. The average molecular weight is 383 g/mol. The third-order valence-corrected chi connectivity index (χ3v) is 4.97. The van der Waals surface area contributed by atoms with Crippen LogP contribution in [0, 0.1) is 0 Å². The van der Waals surface area contributed by atoms with E-state index < -0.39 is 0 Å². The highest BCUT2D eigenvalue weighted by Gasteiger charge is 2.34. The smallest absolute Gasteiger partial charge is 0.273 e. The Morgan fingerprint density at radius 1 is 1.26 bits per heavy atom. The fourth-order valence-electron chi connectivity index (χ4n) is 2.90. The van der Waals surface area contributed by atoms with E-state index in [2.05, 4.69) is 4.98 Å². The number of amides is 1. The summed E-state index contributed by atoms with van der Waals surface area (Å²) >= 11 is 1.42. The second-order valence-electron chi connectivity index (χ2n) is 6.05. The second-order valence-corrected chi connectivity index (χ2v) is 6.90. The Balaban J connectivity index is 1.56. The van der Waals surface area contributed by atoms with Crippen molar-refractivity contribution in [3.63, 3.8) is 0 Å². The van der Waals surface area contributed by atoms with E-state index in [1.165, 1.54) is 35.3 Å². The third-order valence-electron chi connectivity index (χ3n) is 4.31. The molecule has 3 aromatic rings. The summed E-state index contributed by atoms with van der Waals surface area (Å²) in [6, 6.07) is 10.5. The molecule has 1 fully saturated rings. The Morgan fingerprint density at radius 3 is 2.70 bits per heavy atom. The molecule has 138 valence electrons. The first-order chi connectivity index (χ1) is 13.2. The minimum absolute atomic E-state index is 0.0777. The molecular weight excluding hydrogens is 366 g/mol. The largest absolute Gasteiger partial charge is 0.496 e. The van der Waals surface area contributed by atoms with Gasteiger partial charge in [-0.3, -0.25) is 14.2 Å². The Kier molecular flexibility index (Phi) is 4.64. The van der Waals surface area contributed by atoms with Crippen molar-refractivity contribution in [3.05, 3.63) is 70.1 Å². The number of methoxy groups -OCH3 is 1. The number of pyridine rings is 1. The maximum atomic E-state index is 12.9. The molecule has 2 aromatic heterocycles. The molecule has 0 N–H and O–H groups in total. The lowest BCUT2D eigenvalue weighted by Crippen LogP contribution is -2.56. The summed E-state index contributed by atoms with van der Waals surface area (Å²) in [4.78, 5) is 31.0. The van der Waals surface area contributed by atoms with Gasteiger partial charge < -0.3 is 14.4 Å². The van der Waals surface area contributed by atoms with E-state index in [-0.39, 0.29) is 23.3 Å². The van der Waals surface area contributed by atoms with Crippen LogP contribution in [0.5, 0.6) is 10.9 Å². The molecule has 1 aliphatic rings. The molecule has 1 aliphatic heterocycles. The second kappa shape index (κ2) is 7.24. The van der Waals surface area contributed by atoms with Gasteiger partial charge >= 0.3 is 0 Å². The Bertz CT molecular complexity index is 996. The summed E-state index contributed by atoms with van der Waals surface area (Å²) < 4.78 is 12.4. The third kappa shape index (κ3) is 3.43. The van der Waals surface area contributed by atoms with Crippen molar-refractivity contribution < 1.29 is 14.3 Å². The van der Waals surface area contributed by atoms with Gasteiger partial charge in [-0.1, -0.05) is 29.5 Å². The number of thiazole rings is 1. The molecule has 0 atom stereocenters. The summed E-state index contributed by atoms with van der Waals surface area (Å²) in [6.07, 6.45) is 3.14. The quantitative estimate of drug-likeness (QED) is 0.675. The van der Waals surface area contributed by atoms with Crippen LogP contribution in [0.15, 0.2) is 59.0 Å². The lowest BCUT2D eigenvalue weighted by Gasteiger charge is -2.38. The van der Waals surface area contributed by atoms with E-state index in [1.54, 1.807) is 11.1 Å². The zero-order valence-corrected chi connectivity index (χ0v) is 15.4. The predicted molar refractivity (Wildman–Crippen MR) is 101 cm³/mol. The Labute approximate surface area is 159 Å². The van der Waals surface area contributed by atoms with Crippen molar-refractivity contribution in [2.45, 2.75) is 6.10 Å². The van der Waals surface area contributed by atoms with Gasteiger partial charge in [0.15, 0.2) is 0 Å². The number of para-hydroxylation sites is 1. The zero-order valence-electron chi connectivity index (χ0n) is 14.6. The molecule has 7 nitrogen and oxygen atoms in total. The van der Waals surface area contributed by atoms with Gasteiger partial charge in [0.25, 0.3) is 16.7 Å². The first-order valence-corrected chi connectivity index (χ1v) is 9.25. The van der Waals surface area contributed by atoms with Crippen LogP contribution < -0.4 is 15.0 Å². The monoisotopic (exact) mass is 383 g/mol. The maximum absolute atomic E-state index is 12.9. The predicted octanol–water partition coefficient (Wildman–Crippen LogP) is 2.21. The molecule has 3 heterocycles. The molecule has 1 aromatic carbocycles. The SMILES string of the molecule is COc1cc(=O)n(-c2ccccc2)cc1C(=O)N1CC(Oc2nccs2)C1. The summed E-state index contributed by atoms with van der Waals surface area (Å²) in [6.45, 7) is 0.929. The number of ether oxygens (including phenoxy) is 2. The molecule has 8 heteroatoms. The highest BCUT2D eigenvalue weighted by Crippen LogP contribution is 2.24. The van der Waals surface area contributed by atoms with Crippen LogP contribution in [-0.2, 0) is 0 Å². The van der Waals surface area contributed by atoms with Crippen LogP contribution in [0.3, 0.4) is 0 Å². The topological polar surface area (TPSA) is 73.7 Å². The summed E-state index contributed by atoms with van der Waals surface area (Å²) in [5.74, 6) is 0.0667.